The average Bonchev–Trinajstić information content (AvgIpc) is 3.92. The Morgan fingerprint density at radius 1 is 0.453 bits per heavy atom. The summed E-state index contributed by atoms with van der Waals surface area (Å²) >= 11 is 1.80. The van der Waals surface area contributed by atoms with Crippen LogP contribution in [0.5, 0.6) is 0 Å². The molecule has 11 rings (SSSR count). The van der Waals surface area contributed by atoms with Gasteiger partial charge in [0.2, 0.25) is 0 Å². The molecule has 0 bridgehead atoms. The van der Waals surface area contributed by atoms with Crippen LogP contribution in [0.15, 0.2) is 168 Å². The van der Waals surface area contributed by atoms with Gasteiger partial charge in [-0.25, -0.2) is 19.9 Å². The lowest BCUT2D eigenvalue weighted by Crippen LogP contribution is -2.00. The van der Waals surface area contributed by atoms with Crippen LogP contribution in [0, 0.1) is 0 Å². The van der Waals surface area contributed by atoms with Crippen molar-refractivity contribution in [2.24, 2.45) is 0 Å². The van der Waals surface area contributed by atoms with Crippen molar-refractivity contribution in [3.05, 3.63) is 164 Å². The number of benzene rings is 7. The molecule has 0 spiro atoms. The Kier molecular flexibility index (Phi) is 6.62. The summed E-state index contributed by atoms with van der Waals surface area (Å²) < 4.78 is 11.3. The monoisotopic (exact) mass is 697 g/mol. The van der Waals surface area contributed by atoms with Crippen LogP contribution in [0.3, 0.4) is 0 Å². The van der Waals surface area contributed by atoms with Crippen molar-refractivity contribution in [3.8, 4) is 51.2 Å². The molecule has 0 aliphatic heterocycles. The van der Waals surface area contributed by atoms with E-state index in [4.69, 9.17) is 24.4 Å². The highest BCUT2D eigenvalue weighted by Gasteiger charge is 2.20. The first-order valence-electron chi connectivity index (χ1n) is 17.5. The van der Waals surface area contributed by atoms with Gasteiger partial charge in [0.25, 0.3) is 0 Å². The topological polar surface area (TPSA) is 69.6 Å². The second kappa shape index (κ2) is 11.8. The van der Waals surface area contributed by atoms with Crippen LogP contribution in [0.2, 0.25) is 0 Å². The van der Waals surface area contributed by atoms with Gasteiger partial charge in [0.15, 0.2) is 17.5 Å². The molecule has 4 aromatic heterocycles. The summed E-state index contributed by atoms with van der Waals surface area (Å²) in [5, 5.41) is 4.38. The van der Waals surface area contributed by atoms with Crippen LogP contribution in [0.1, 0.15) is 0 Å². The molecule has 7 aromatic carbocycles. The average molecular weight is 698 g/mol. The zero-order valence-electron chi connectivity index (χ0n) is 28.1. The molecule has 0 unspecified atom stereocenters. The van der Waals surface area contributed by atoms with Gasteiger partial charge in [-0.15, -0.1) is 11.3 Å². The largest absolute Gasteiger partial charge is 0.456 e. The van der Waals surface area contributed by atoms with Crippen molar-refractivity contribution in [1.29, 1.82) is 0 Å². The number of para-hydroxylation sites is 3. The van der Waals surface area contributed by atoms with Crippen LogP contribution < -0.4 is 0 Å². The fourth-order valence-corrected chi connectivity index (χ4v) is 8.50. The number of aromatic nitrogens is 5. The summed E-state index contributed by atoms with van der Waals surface area (Å²) in [6.07, 6.45) is 0. The van der Waals surface area contributed by atoms with Crippen molar-refractivity contribution >= 4 is 64.5 Å². The van der Waals surface area contributed by atoms with E-state index in [1.807, 2.05) is 54.6 Å². The Morgan fingerprint density at radius 3 is 2.06 bits per heavy atom. The second-order valence-electron chi connectivity index (χ2n) is 13.1. The van der Waals surface area contributed by atoms with Crippen molar-refractivity contribution in [2.45, 2.75) is 0 Å². The van der Waals surface area contributed by atoms with Gasteiger partial charge in [-0.1, -0.05) is 97.1 Å². The van der Waals surface area contributed by atoms with Crippen molar-refractivity contribution in [2.75, 3.05) is 0 Å². The molecule has 4 heterocycles. The molecular formula is C46H27N5OS. The van der Waals surface area contributed by atoms with Gasteiger partial charge >= 0.3 is 0 Å². The Bertz CT molecular complexity index is 3180. The lowest BCUT2D eigenvalue weighted by atomic mass is 10.0. The second-order valence-corrected chi connectivity index (χ2v) is 14.2. The van der Waals surface area contributed by atoms with E-state index >= 15 is 0 Å². The molecule has 0 radical (unpaired) electrons. The Labute approximate surface area is 307 Å². The van der Waals surface area contributed by atoms with Crippen LogP contribution >= 0.6 is 11.3 Å². The van der Waals surface area contributed by atoms with E-state index < -0.39 is 0 Å². The molecule has 0 amide bonds. The van der Waals surface area contributed by atoms with Gasteiger partial charge in [-0.3, -0.25) is 4.57 Å². The van der Waals surface area contributed by atoms with Crippen molar-refractivity contribution < 1.29 is 4.42 Å². The zero-order valence-corrected chi connectivity index (χ0v) is 29.0. The first kappa shape index (κ1) is 29.7. The van der Waals surface area contributed by atoms with E-state index in [-0.39, 0.29) is 0 Å². The van der Waals surface area contributed by atoms with E-state index in [9.17, 15) is 0 Å². The Balaban J connectivity index is 1.10. The minimum Gasteiger partial charge on any atom is -0.456 e. The number of rotatable bonds is 5. The summed E-state index contributed by atoms with van der Waals surface area (Å²) in [5.41, 5.74) is 8.28. The van der Waals surface area contributed by atoms with Crippen LogP contribution in [-0.2, 0) is 0 Å². The van der Waals surface area contributed by atoms with E-state index in [1.165, 1.54) is 20.2 Å². The number of fused-ring (bicyclic) bond motifs is 7. The van der Waals surface area contributed by atoms with E-state index in [1.54, 1.807) is 11.3 Å². The molecule has 0 N–H and O–H groups in total. The van der Waals surface area contributed by atoms with Gasteiger partial charge in [0, 0.05) is 58.9 Å². The van der Waals surface area contributed by atoms with Crippen LogP contribution in [0.25, 0.3) is 104 Å². The fraction of sp³-hybridized carbons (Fsp3) is 0. The highest BCUT2D eigenvalue weighted by Crippen LogP contribution is 2.40. The SMILES string of the molecule is c1ccc(-c2nc(-c3ccc4sc5ccccc5c4c3)nc(-c3cccc4oc5cc(-c6nc7ccccc7n6-c6ccccc6)ccc5c34)n2)cc1. The van der Waals surface area contributed by atoms with Gasteiger partial charge in [-0.05, 0) is 66.7 Å². The van der Waals surface area contributed by atoms with Gasteiger partial charge in [-0.2, -0.15) is 0 Å². The summed E-state index contributed by atoms with van der Waals surface area (Å²) in [6, 6.07) is 56.2. The third kappa shape index (κ3) is 4.86. The van der Waals surface area contributed by atoms with E-state index in [0.717, 1.165) is 66.7 Å². The standard InChI is InChI=1S/C46H27N5OS/c1-3-12-28(13-4-1)43-48-44(29-23-25-41-35(26-29)32-16-7-10-21-40(32)53-41)50-45(49-43)34-17-11-20-38-42(34)33-24-22-30(27-39(33)52-38)46-47-36-18-8-9-19-37(36)51(46)31-14-5-2-6-15-31/h1-27H. The fourth-order valence-electron chi connectivity index (χ4n) is 7.42. The quantitative estimate of drug-likeness (QED) is 0.179. The molecule has 0 aliphatic carbocycles. The molecule has 0 saturated heterocycles. The first-order chi connectivity index (χ1) is 26.2. The number of furan rings is 1. The van der Waals surface area contributed by atoms with Crippen LogP contribution in [-0.4, -0.2) is 24.5 Å². The predicted octanol–water partition coefficient (Wildman–Crippen LogP) is 12.1. The summed E-state index contributed by atoms with van der Waals surface area (Å²) in [7, 11) is 0. The molecule has 0 atom stereocenters. The lowest BCUT2D eigenvalue weighted by Gasteiger charge is -2.10. The molecule has 11 aromatic rings. The minimum atomic E-state index is 0.590. The molecule has 248 valence electrons. The van der Waals surface area contributed by atoms with Gasteiger partial charge in [0.05, 0.1) is 11.0 Å². The Morgan fingerprint density at radius 2 is 1.17 bits per heavy atom. The van der Waals surface area contributed by atoms with Gasteiger partial charge < -0.3 is 4.42 Å². The lowest BCUT2D eigenvalue weighted by molar-refractivity contribution is 0.669. The molecule has 0 fully saturated rings. The molecule has 6 nitrogen and oxygen atoms in total. The number of thiophene rings is 1. The normalized spacial score (nSPS) is 11.8. The number of nitrogens with zero attached hydrogens (tertiary/aromatic N) is 5. The summed E-state index contributed by atoms with van der Waals surface area (Å²) in [4.78, 5) is 20.4. The third-order valence-electron chi connectivity index (χ3n) is 9.87. The van der Waals surface area contributed by atoms with Crippen LogP contribution in [0.4, 0.5) is 0 Å². The zero-order chi connectivity index (χ0) is 34.9. The maximum absolute atomic E-state index is 6.60. The third-order valence-corrected chi connectivity index (χ3v) is 11.0. The smallest absolute Gasteiger partial charge is 0.164 e. The summed E-state index contributed by atoms with van der Waals surface area (Å²) in [5.74, 6) is 2.68. The number of hydrogen-bond donors (Lipinski definition) is 0. The molecular weight excluding hydrogens is 671 g/mol. The van der Waals surface area contributed by atoms with E-state index in [2.05, 4.69) is 114 Å². The van der Waals surface area contributed by atoms with Crippen molar-refractivity contribution in [3.63, 3.8) is 0 Å². The number of hydrogen-bond acceptors (Lipinski definition) is 6. The molecule has 0 aliphatic rings. The Hall–Kier alpha value is -6.96. The number of imidazole rings is 1. The maximum Gasteiger partial charge on any atom is 0.164 e. The minimum absolute atomic E-state index is 0.590. The van der Waals surface area contributed by atoms with Gasteiger partial charge in [0.1, 0.15) is 17.0 Å². The van der Waals surface area contributed by atoms with E-state index in [0.29, 0.717) is 17.5 Å². The molecule has 7 heteroatoms. The molecule has 0 saturated carbocycles. The summed E-state index contributed by atoms with van der Waals surface area (Å²) in [6.45, 7) is 0. The molecule has 53 heavy (non-hydrogen) atoms. The van der Waals surface area contributed by atoms with Crippen molar-refractivity contribution in [1.82, 2.24) is 24.5 Å². The predicted molar refractivity (Wildman–Crippen MR) is 216 cm³/mol. The highest BCUT2D eigenvalue weighted by atomic mass is 32.1. The maximum atomic E-state index is 6.60. The first-order valence-corrected chi connectivity index (χ1v) is 18.3. The highest BCUT2D eigenvalue weighted by molar-refractivity contribution is 7.25.